The molecule has 2 aromatic rings. The molecule has 2 aromatic carbocycles. The molecular weight excluding hydrogens is 234 g/mol. The molecule has 0 aromatic heterocycles. The summed E-state index contributed by atoms with van der Waals surface area (Å²) in [6.07, 6.45) is 1.06. The van der Waals surface area contributed by atoms with Gasteiger partial charge in [0.1, 0.15) is 5.75 Å². The van der Waals surface area contributed by atoms with Crippen molar-refractivity contribution in [2.24, 2.45) is 0 Å². The summed E-state index contributed by atoms with van der Waals surface area (Å²) in [5, 5.41) is 3.42. The molecule has 1 N–H and O–H groups in total. The molecule has 3 rings (SSSR count). The molecule has 1 heterocycles. The zero-order valence-corrected chi connectivity index (χ0v) is 11.2. The summed E-state index contributed by atoms with van der Waals surface area (Å²) >= 11 is 0. The van der Waals surface area contributed by atoms with Crippen LogP contribution in [-0.4, -0.2) is 20.2 Å². The molecule has 0 bridgehead atoms. The van der Waals surface area contributed by atoms with Gasteiger partial charge < -0.3 is 10.1 Å². The van der Waals surface area contributed by atoms with Crippen LogP contribution in [0.4, 0.5) is 0 Å². The fourth-order valence-electron chi connectivity index (χ4n) is 2.91. The molecule has 1 fully saturated rings. The van der Waals surface area contributed by atoms with Gasteiger partial charge in [0, 0.05) is 24.1 Å². The number of rotatable bonds is 4. The first-order valence-corrected chi connectivity index (χ1v) is 6.72. The molecule has 2 nitrogen and oxygen atoms in total. The van der Waals surface area contributed by atoms with E-state index in [9.17, 15) is 0 Å². The van der Waals surface area contributed by atoms with Gasteiger partial charge in [0.15, 0.2) is 0 Å². The predicted molar refractivity (Wildman–Crippen MR) is 77.7 cm³/mol. The summed E-state index contributed by atoms with van der Waals surface area (Å²) in [7, 11) is 1.75. The molecule has 1 aliphatic rings. The van der Waals surface area contributed by atoms with E-state index in [2.05, 4.69) is 53.8 Å². The molecule has 0 saturated carbocycles. The van der Waals surface area contributed by atoms with Crippen molar-refractivity contribution < 1.29 is 4.74 Å². The lowest BCUT2D eigenvalue weighted by Gasteiger charge is -2.44. The summed E-state index contributed by atoms with van der Waals surface area (Å²) in [6.45, 7) is 2.03. The number of benzene rings is 2. The van der Waals surface area contributed by atoms with Gasteiger partial charge in [-0.05, 0) is 18.1 Å². The van der Waals surface area contributed by atoms with E-state index in [0.29, 0.717) is 0 Å². The molecule has 0 atom stereocenters. The lowest BCUT2D eigenvalue weighted by atomic mass is 9.70. The lowest BCUT2D eigenvalue weighted by molar-refractivity contribution is 0.263. The van der Waals surface area contributed by atoms with Gasteiger partial charge in [-0.25, -0.2) is 0 Å². The van der Waals surface area contributed by atoms with Crippen molar-refractivity contribution in [3.63, 3.8) is 0 Å². The smallest absolute Gasteiger partial charge is 0.122 e. The predicted octanol–water partition coefficient (Wildman–Crippen LogP) is 2.78. The Hall–Kier alpha value is -1.80. The average molecular weight is 253 g/mol. The molecule has 98 valence electrons. The van der Waals surface area contributed by atoms with Crippen LogP contribution in [0.15, 0.2) is 54.6 Å². The Morgan fingerprint density at radius 1 is 1.00 bits per heavy atom. The lowest BCUT2D eigenvalue weighted by Crippen LogP contribution is -2.58. The van der Waals surface area contributed by atoms with Crippen LogP contribution in [0.3, 0.4) is 0 Å². The Balaban J connectivity index is 1.95. The minimum atomic E-state index is 0.175. The van der Waals surface area contributed by atoms with E-state index in [1.807, 2.05) is 6.07 Å². The molecule has 0 spiro atoms. The van der Waals surface area contributed by atoms with E-state index in [1.165, 1.54) is 11.1 Å². The van der Waals surface area contributed by atoms with Gasteiger partial charge in [0.05, 0.1) is 7.11 Å². The fraction of sp³-hybridized carbons (Fsp3) is 0.294. The number of methoxy groups -OCH3 is 1. The van der Waals surface area contributed by atoms with Crippen LogP contribution in [0.1, 0.15) is 11.1 Å². The van der Waals surface area contributed by atoms with Crippen molar-refractivity contribution >= 4 is 0 Å². The van der Waals surface area contributed by atoms with Crippen molar-refractivity contribution in [1.29, 1.82) is 0 Å². The molecular formula is C17H19NO. The topological polar surface area (TPSA) is 21.3 Å². The highest BCUT2D eigenvalue weighted by molar-refractivity contribution is 5.43. The number of nitrogens with one attached hydrogen (secondary N) is 1. The zero-order chi connectivity index (χ0) is 13.1. The molecule has 0 unspecified atom stereocenters. The third-order valence-corrected chi connectivity index (χ3v) is 3.99. The van der Waals surface area contributed by atoms with E-state index in [4.69, 9.17) is 4.74 Å². The number of ether oxygens (including phenoxy) is 1. The first-order chi connectivity index (χ1) is 9.34. The van der Waals surface area contributed by atoms with Crippen molar-refractivity contribution in [2.45, 2.75) is 11.8 Å². The molecule has 19 heavy (non-hydrogen) atoms. The van der Waals surface area contributed by atoms with Gasteiger partial charge in [0.25, 0.3) is 0 Å². The average Bonchev–Trinajstić information content (AvgIpc) is 2.44. The second kappa shape index (κ2) is 5.06. The van der Waals surface area contributed by atoms with Crippen LogP contribution >= 0.6 is 0 Å². The Labute approximate surface area is 114 Å². The van der Waals surface area contributed by atoms with Crippen LogP contribution in [0.25, 0.3) is 0 Å². The monoisotopic (exact) mass is 253 g/mol. The Kier molecular flexibility index (Phi) is 3.26. The van der Waals surface area contributed by atoms with E-state index >= 15 is 0 Å². The minimum absolute atomic E-state index is 0.175. The highest BCUT2D eigenvalue weighted by atomic mass is 16.5. The number of hydrogen-bond acceptors (Lipinski definition) is 2. The van der Waals surface area contributed by atoms with Crippen LogP contribution in [0.5, 0.6) is 5.75 Å². The largest absolute Gasteiger partial charge is 0.496 e. The summed E-state index contributed by atoms with van der Waals surface area (Å²) < 4.78 is 5.54. The van der Waals surface area contributed by atoms with Crippen LogP contribution in [0.2, 0.25) is 0 Å². The third kappa shape index (κ3) is 2.24. The molecule has 0 aliphatic carbocycles. The summed E-state index contributed by atoms with van der Waals surface area (Å²) in [5.41, 5.74) is 2.88. The number of para-hydroxylation sites is 1. The standard InChI is InChI=1S/C17H19NO/c1-19-16-10-6-5-9-15(16)17(12-18-13-17)11-14-7-3-2-4-8-14/h2-10,18H,11-13H2,1H3. The van der Waals surface area contributed by atoms with Crippen molar-refractivity contribution in [1.82, 2.24) is 5.32 Å². The highest BCUT2D eigenvalue weighted by Crippen LogP contribution is 2.37. The molecule has 1 aliphatic heterocycles. The maximum Gasteiger partial charge on any atom is 0.122 e. The molecule has 0 radical (unpaired) electrons. The second-order valence-electron chi connectivity index (χ2n) is 5.25. The van der Waals surface area contributed by atoms with Gasteiger partial charge in [-0.3, -0.25) is 0 Å². The maximum atomic E-state index is 5.54. The zero-order valence-electron chi connectivity index (χ0n) is 11.2. The molecule has 0 amide bonds. The van der Waals surface area contributed by atoms with Gasteiger partial charge >= 0.3 is 0 Å². The van der Waals surface area contributed by atoms with Gasteiger partial charge in [-0.2, -0.15) is 0 Å². The first-order valence-electron chi connectivity index (χ1n) is 6.72. The molecule has 2 heteroatoms. The Morgan fingerprint density at radius 3 is 2.32 bits per heavy atom. The quantitative estimate of drug-likeness (QED) is 0.904. The number of hydrogen-bond donors (Lipinski definition) is 1. The van der Waals surface area contributed by atoms with Crippen molar-refractivity contribution in [3.8, 4) is 5.75 Å². The van der Waals surface area contributed by atoms with Crippen LogP contribution in [0, 0.1) is 0 Å². The maximum absolute atomic E-state index is 5.54. The van der Waals surface area contributed by atoms with Gasteiger partial charge in [0.2, 0.25) is 0 Å². The van der Waals surface area contributed by atoms with Gasteiger partial charge in [-0.15, -0.1) is 0 Å². The van der Waals surface area contributed by atoms with Crippen LogP contribution in [-0.2, 0) is 11.8 Å². The fourth-order valence-corrected chi connectivity index (χ4v) is 2.91. The van der Waals surface area contributed by atoms with E-state index < -0.39 is 0 Å². The van der Waals surface area contributed by atoms with Crippen LogP contribution < -0.4 is 10.1 Å². The SMILES string of the molecule is COc1ccccc1C1(Cc2ccccc2)CNC1. The highest BCUT2D eigenvalue weighted by Gasteiger charge is 2.40. The summed E-state index contributed by atoms with van der Waals surface area (Å²) in [4.78, 5) is 0. The Bertz CT molecular complexity index is 546. The van der Waals surface area contributed by atoms with Crippen molar-refractivity contribution in [2.75, 3.05) is 20.2 Å². The first kappa shape index (κ1) is 12.2. The van der Waals surface area contributed by atoms with Gasteiger partial charge in [-0.1, -0.05) is 48.5 Å². The second-order valence-corrected chi connectivity index (χ2v) is 5.25. The minimum Gasteiger partial charge on any atom is -0.496 e. The van der Waals surface area contributed by atoms with E-state index in [1.54, 1.807) is 7.11 Å². The Morgan fingerprint density at radius 2 is 1.68 bits per heavy atom. The normalized spacial score (nSPS) is 16.7. The van der Waals surface area contributed by atoms with Crippen molar-refractivity contribution in [3.05, 3.63) is 65.7 Å². The summed E-state index contributed by atoms with van der Waals surface area (Å²) in [5.74, 6) is 1.000. The summed E-state index contributed by atoms with van der Waals surface area (Å²) in [6, 6.07) is 19.1. The third-order valence-electron chi connectivity index (χ3n) is 3.99. The molecule has 1 saturated heterocycles. The van der Waals surface area contributed by atoms with E-state index in [0.717, 1.165) is 25.3 Å². The van der Waals surface area contributed by atoms with E-state index in [-0.39, 0.29) is 5.41 Å².